The van der Waals surface area contributed by atoms with E-state index in [9.17, 15) is 15.0 Å². The minimum absolute atomic E-state index is 0.139. The normalized spacial score (nSPS) is 28.9. The van der Waals surface area contributed by atoms with Crippen molar-refractivity contribution in [3.05, 3.63) is 23.8 Å². The van der Waals surface area contributed by atoms with E-state index < -0.39 is 6.10 Å². The Kier molecular flexibility index (Phi) is 11.0. The van der Waals surface area contributed by atoms with Gasteiger partial charge in [0.15, 0.2) is 0 Å². The number of hydrogen-bond acceptors (Lipinski definition) is 5. The first-order valence-corrected chi connectivity index (χ1v) is 11.4. The molecule has 0 spiro atoms. The Morgan fingerprint density at radius 3 is 2.69 bits per heavy atom. The van der Waals surface area contributed by atoms with E-state index in [-0.39, 0.29) is 24.6 Å². The van der Waals surface area contributed by atoms with E-state index >= 15 is 0 Å². The van der Waals surface area contributed by atoms with Crippen LogP contribution in [0.5, 0.6) is 0 Å². The standard InChI is InChI=1S/C24H40O5/c1-29-24(28)11-7-6-9-18-15-19-17-23(27)21(22(19)16-18)13-12-20(26)10-5-3-2-4-8-14-25/h9,12-13,19-23,25-27H,2-8,10-11,14-17H2,1H3/t19-,20?,21-,22+,23-/m0/s1. The number of aliphatic hydroxyl groups excluding tert-OH is 3. The van der Waals surface area contributed by atoms with Crippen LogP contribution in [-0.2, 0) is 9.53 Å². The lowest BCUT2D eigenvalue weighted by atomic mass is 9.90. The minimum Gasteiger partial charge on any atom is -0.469 e. The van der Waals surface area contributed by atoms with Crippen molar-refractivity contribution in [2.45, 2.75) is 89.3 Å². The first-order chi connectivity index (χ1) is 14.0. The average molecular weight is 409 g/mol. The summed E-state index contributed by atoms with van der Waals surface area (Å²) >= 11 is 0. The second kappa shape index (κ2) is 13.2. The molecular weight excluding hydrogens is 368 g/mol. The number of fused-ring (bicyclic) bond motifs is 1. The molecule has 166 valence electrons. The quantitative estimate of drug-likeness (QED) is 0.244. The number of allylic oxidation sites excluding steroid dienone is 2. The molecule has 5 heteroatoms. The van der Waals surface area contributed by atoms with Gasteiger partial charge in [-0.3, -0.25) is 4.79 Å². The molecule has 0 saturated heterocycles. The van der Waals surface area contributed by atoms with Crippen LogP contribution >= 0.6 is 0 Å². The topological polar surface area (TPSA) is 87.0 Å². The fourth-order valence-electron chi connectivity index (χ4n) is 4.94. The number of hydrogen-bond donors (Lipinski definition) is 3. The van der Waals surface area contributed by atoms with Gasteiger partial charge in [0, 0.05) is 18.9 Å². The molecule has 2 fully saturated rings. The van der Waals surface area contributed by atoms with Crippen LogP contribution in [0.15, 0.2) is 23.8 Å². The molecule has 5 atom stereocenters. The van der Waals surface area contributed by atoms with Crippen molar-refractivity contribution in [1.29, 1.82) is 0 Å². The van der Waals surface area contributed by atoms with Gasteiger partial charge in [-0.2, -0.15) is 0 Å². The first-order valence-electron chi connectivity index (χ1n) is 11.4. The van der Waals surface area contributed by atoms with Gasteiger partial charge in [0.05, 0.1) is 19.3 Å². The van der Waals surface area contributed by atoms with Crippen molar-refractivity contribution in [1.82, 2.24) is 0 Å². The van der Waals surface area contributed by atoms with Gasteiger partial charge in [-0.15, -0.1) is 0 Å². The Morgan fingerprint density at radius 2 is 1.93 bits per heavy atom. The number of unbranched alkanes of at least 4 members (excludes halogenated alkanes) is 5. The van der Waals surface area contributed by atoms with Crippen LogP contribution in [0.2, 0.25) is 0 Å². The smallest absolute Gasteiger partial charge is 0.305 e. The zero-order valence-electron chi connectivity index (χ0n) is 18.0. The Hall–Kier alpha value is -1.17. The second-order valence-electron chi connectivity index (χ2n) is 8.78. The Bertz CT molecular complexity index is 541. The summed E-state index contributed by atoms with van der Waals surface area (Å²) in [6.07, 6.45) is 16.5. The van der Waals surface area contributed by atoms with Gasteiger partial charge in [-0.1, -0.05) is 49.5 Å². The van der Waals surface area contributed by atoms with E-state index in [4.69, 9.17) is 5.11 Å². The molecule has 2 saturated carbocycles. The summed E-state index contributed by atoms with van der Waals surface area (Å²) in [4.78, 5) is 11.2. The molecule has 5 nitrogen and oxygen atoms in total. The monoisotopic (exact) mass is 408 g/mol. The highest BCUT2D eigenvalue weighted by molar-refractivity contribution is 5.69. The van der Waals surface area contributed by atoms with Gasteiger partial charge < -0.3 is 20.1 Å². The molecule has 3 N–H and O–H groups in total. The van der Waals surface area contributed by atoms with Gasteiger partial charge in [-0.25, -0.2) is 0 Å². The molecule has 0 aromatic heterocycles. The Balaban J connectivity index is 1.72. The number of carbonyl (C=O) groups excluding carboxylic acids is 1. The van der Waals surface area contributed by atoms with Crippen molar-refractivity contribution in [3.8, 4) is 0 Å². The fraction of sp³-hybridized carbons (Fsp3) is 0.792. The van der Waals surface area contributed by atoms with Crippen LogP contribution in [0.25, 0.3) is 0 Å². The summed E-state index contributed by atoms with van der Waals surface area (Å²) < 4.78 is 4.68. The van der Waals surface area contributed by atoms with E-state index in [2.05, 4.69) is 16.9 Å². The second-order valence-corrected chi connectivity index (χ2v) is 8.78. The zero-order chi connectivity index (χ0) is 21.1. The largest absolute Gasteiger partial charge is 0.469 e. The third-order valence-corrected chi connectivity index (χ3v) is 6.57. The molecule has 0 aliphatic heterocycles. The van der Waals surface area contributed by atoms with Crippen LogP contribution in [0.4, 0.5) is 0 Å². The highest BCUT2D eigenvalue weighted by Gasteiger charge is 2.44. The molecule has 2 aliphatic carbocycles. The van der Waals surface area contributed by atoms with Crippen LogP contribution in [0.1, 0.15) is 77.0 Å². The van der Waals surface area contributed by atoms with Crippen LogP contribution in [0, 0.1) is 17.8 Å². The van der Waals surface area contributed by atoms with Crippen molar-refractivity contribution in [3.63, 3.8) is 0 Å². The number of ether oxygens (including phenoxy) is 1. The van der Waals surface area contributed by atoms with E-state index in [1.165, 1.54) is 12.7 Å². The van der Waals surface area contributed by atoms with Crippen molar-refractivity contribution < 1.29 is 24.9 Å². The number of methoxy groups -OCH3 is 1. The number of carbonyl (C=O) groups is 1. The molecule has 1 unspecified atom stereocenters. The molecule has 0 bridgehead atoms. The minimum atomic E-state index is -0.436. The SMILES string of the molecule is COC(=O)CCCC=C1C[C@H]2C[C@H](O)[C@@H](C=CC(O)CCCCCCCO)[C@@H]2C1. The molecule has 0 aromatic carbocycles. The lowest BCUT2D eigenvalue weighted by Gasteiger charge is -2.17. The van der Waals surface area contributed by atoms with Gasteiger partial charge in [0.1, 0.15) is 0 Å². The maximum absolute atomic E-state index is 11.2. The van der Waals surface area contributed by atoms with Crippen LogP contribution < -0.4 is 0 Å². The third kappa shape index (κ3) is 8.23. The molecule has 2 aliphatic rings. The summed E-state index contributed by atoms with van der Waals surface area (Å²) in [7, 11) is 1.42. The third-order valence-electron chi connectivity index (χ3n) is 6.57. The average Bonchev–Trinajstić information content (AvgIpc) is 3.22. The summed E-state index contributed by atoms with van der Waals surface area (Å²) in [5.41, 5.74) is 1.46. The van der Waals surface area contributed by atoms with E-state index in [0.29, 0.717) is 18.3 Å². The zero-order valence-corrected chi connectivity index (χ0v) is 18.0. The molecule has 29 heavy (non-hydrogen) atoms. The van der Waals surface area contributed by atoms with Crippen molar-refractivity contribution >= 4 is 5.97 Å². The van der Waals surface area contributed by atoms with E-state index in [1.807, 2.05) is 6.08 Å². The van der Waals surface area contributed by atoms with Crippen molar-refractivity contribution in [2.75, 3.05) is 13.7 Å². The maximum Gasteiger partial charge on any atom is 0.305 e. The molecule has 0 heterocycles. The Morgan fingerprint density at radius 1 is 1.17 bits per heavy atom. The van der Waals surface area contributed by atoms with Gasteiger partial charge >= 0.3 is 5.97 Å². The summed E-state index contributed by atoms with van der Waals surface area (Å²) in [6.45, 7) is 0.266. The summed E-state index contributed by atoms with van der Waals surface area (Å²) in [6, 6.07) is 0. The van der Waals surface area contributed by atoms with Crippen LogP contribution in [0.3, 0.4) is 0 Å². The summed E-state index contributed by atoms with van der Waals surface area (Å²) in [5, 5.41) is 29.5. The molecule has 0 radical (unpaired) electrons. The van der Waals surface area contributed by atoms with Crippen LogP contribution in [-0.4, -0.2) is 47.2 Å². The number of esters is 1. The summed E-state index contributed by atoms with van der Waals surface area (Å²) in [5.74, 6) is 0.998. The number of rotatable bonds is 13. The fourth-order valence-corrected chi connectivity index (χ4v) is 4.94. The molecular formula is C24H40O5. The Labute approximate surface area is 175 Å². The molecule has 0 amide bonds. The first kappa shape index (κ1) is 24.1. The van der Waals surface area contributed by atoms with E-state index in [1.54, 1.807) is 0 Å². The van der Waals surface area contributed by atoms with Gasteiger partial charge in [0.2, 0.25) is 0 Å². The van der Waals surface area contributed by atoms with Gasteiger partial charge in [0.25, 0.3) is 0 Å². The maximum atomic E-state index is 11.2. The predicted octanol–water partition coefficient (Wildman–Crippen LogP) is 3.91. The lowest BCUT2D eigenvalue weighted by molar-refractivity contribution is -0.140. The molecule has 0 aromatic rings. The van der Waals surface area contributed by atoms with E-state index in [0.717, 1.165) is 70.6 Å². The predicted molar refractivity (Wildman–Crippen MR) is 114 cm³/mol. The lowest BCUT2D eigenvalue weighted by Crippen LogP contribution is -2.17. The highest BCUT2D eigenvalue weighted by Crippen LogP contribution is 2.50. The molecule has 2 rings (SSSR count). The number of aliphatic hydroxyl groups is 3. The highest BCUT2D eigenvalue weighted by atomic mass is 16.5. The van der Waals surface area contributed by atoms with Crippen molar-refractivity contribution in [2.24, 2.45) is 17.8 Å². The van der Waals surface area contributed by atoms with Gasteiger partial charge in [-0.05, 0) is 56.8 Å².